The molecule has 5 rings (SSSR count). The van der Waals surface area contributed by atoms with E-state index in [1.807, 2.05) is 29.3 Å². The van der Waals surface area contributed by atoms with Crippen molar-refractivity contribution >= 4 is 34.5 Å². The molecule has 1 saturated heterocycles. The van der Waals surface area contributed by atoms with E-state index in [1.165, 1.54) is 11.3 Å². The molecule has 0 bridgehead atoms. The van der Waals surface area contributed by atoms with Crippen molar-refractivity contribution in [2.75, 3.05) is 60.7 Å². The maximum Gasteiger partial charge on any atom is 0.229 e. The number of nitrogens with one attached hydrogen (secondary N) is 1. The van der Waals surface area contributed by atoms with E-state index in [0.29, 0.717) is 24.8 Å². The van der Waals surface area contributed by atoms with Gasteiger partial charge in [-0.25, -0.2) is 9.99 Å². The lowest BCUT2D eigenvalue weighted by molar-refractivity contribution is -0.171. The SMILES string of the molecule is C=CCN1OCc2cnc(Nc3ccc(N4CCN(C)CC4)c(C)c3)nc2N1c1cccc(N)c1. The smallest absolute Gasteiger partial charge is 0.229 e. The van der Waals surface area contributed by atoms with Gasteiger partial charge in [0.25, 0.3) is 0 Å². The van der Waals surface area contributed by atoms with E-state index in [-0.39, 0.29) is 0 Å². The highest BCUT2D eigenvalue weighted by atomic mass is 16.7. The summed E-state index contributed by atoms with van der Waals surface area (Å²) in [4.78, 5) is 20.2. The molecule has 182 valence electrons. The van der Waals surface area contributed by atoms with Gasteiger partial charge in [0.2, 0.25) is 5.95 Å². The molecule has 0 atom stereocenters. The third kappa shape index (κ3) is 4.93. The molecule has 3 N–H and O–H groups in total. The van der Waals surface area contributed by atoms with Crippen LogP contribution in [0, 0.1) is 6.92 Å². The predicted molar refractivity (Wildman–Crippen MR) is 141 cm³/mol. The molecule has 0 saturated carbocycles. The van der Waals surface area contributed by atoms with Gasteiger partial charge in [0.1, 0.15) is 6.61 Å². The van der Waals surface area contributed by atoms with Gasteiger partial charge in [0.05, 0.1) is 12.2 Å². The Morgan fingerprint density at radius 2 is 1.97 bits per heavy atom. The number of hydrazine groups is 1. The molecular weight excluding hydrogens is 440 g/mol. The highest BCUT2D eigenvalue weighted by molar-refractivity contribution is 5.68. The average molecular weight is 473 g/mol. The van der Waals surface area contributed by atoms with Gasteiger partial charge in [-0.05, 0) is 55.9 Å². The van der Waals surface area contributed by atoms with E-state index >= 15 is 0 Å². The number of rotatable bonds is 6. The second kappa shape index (κ2) is 9.91. The first kappa shape index (κ1) is 23.1. The zero-order valence-electron chi connectivity index (χ0n) is 20.3. The van der Waals surface area contributed by atoms with E-state index < -0.39 is 0 Å². The number of benzene rings is 2. The maximum atomic E-state index is 6.07. The fourth-order valence-corrected chi connectivity index (χ4v) is 4.47. The molecule has 0 unspecified atom stereocenters. The Balaban J connectivity index is 1.42. The minimum atomic E-state index is 0.376. The Morgan fingerprint density at radius 3 is 2.71 bits per heavy atom. The first-order valence-corrected chi connectivity index (χ1v) is 11.9. The van der Waals surface area contributed by atoms with E-state index in [1.54, 1.807) is 17.4 Å². The standard InChI is InChI=1S/C26H32N8O/c1-4-10-33-34(23-7-5-6-21(27)16-23)25-20(18-35-33)17-28-26(30-25)29-22-8-9-24(19(2)15-22)32-13-11-31(3)12-14-32/h4-9,15-17H,1,10-14,18,27H2,2-3H3,(H,28,29,30). The summed E-state index contributed by atoms with van der Waals surface area (Å²) in [5, 5.41) is 7.02. The van der Waals surface area contributed by atoms with Gasteiger partial charge in [-0.3, -0.25) is 4.84 Å². The second-order valence-electron chi connectivity index (χ2n) is 8.96. The van der Waals surface area contributed by atoms with Crippen LogP contribution in [0.15, 0.2) is 61.3 Å². The number of aromatic nitrogens is 2. The number of hydrogen-bond donors (Lipinski definition) is 2. The number of hydroxylamine groups is 1. The molecule has 0 spiro atoms. The molecule has 0 amide bonds. The zero-order chi connectivity index (χ0) is 24.4. The Labute approximate surface area is 206 Å². The first-order valence-electron chi connectivity index (χ1n) is 11.9. The van der Waals surface area contributed by atoms with E-state index in [9.17, 15) is 0 Å². The van der Waals surface area contributed by atoms with Crippen molar-refractivity contribution in [2.45, 2.75) is 13.5 Å². The van der Waals surface area contributed by atoms with Crippen LogP contribution in [0.4, 0.5) is 34.5 Å². The van der Waals surface area contributed by atoms with E-state index in [0.717, 1.165) is 48.9 Å². The predicted octanol–water partition coefficient (Wildman–Crippen LogP) is 3.85. The Hall–Kier alpha value is -3.66. The summed E-state index contributed by atoms with van der Waals surface area (Å²) in [6.45, 7) is 11.1. The third-order valence-electron chi connectivity index (χ3n) is 6.33. The molecule has 0 radical (unpaired) electrons. The van der Waals surface area contributed by atoms with Gasteiger partial charge in [-0.15, -0.1) is 6.58 Å². The lowest BCUT2D eigenvalue weighted by Crippen LogP contribution is -2.44. The van der Waals surface area contributed by atoms with Crippen LogP contribution >= 0.6 is 0 Å². The summed E-state index contributed by atoms with van der Waals surface area (Å²) in [5.74, 6) is 1.26. The molecule has 3 heterocycles. The fraction of sp³-hybridized carbons (Fsp3) is 0.308. The minimum absolute atomic E-state index is 0.376. The molecule has 2 aromatic carbocycles. The van der Waals surface area contributed by atoms with Crippen LogP contribution in [-0.2, 0) is 11.4 Å². The Morgan fingerprint density at radius 1 is 1.14 bits per heavy atom. The molecule has 9 nitrogen and oxygen atoms in total. The maximum absolute atomic E-state index is 6.07. The summed E-state index contributed by atoms with van der Waals surface area (Å²) in [6, 6.07) is 14.1. The number of nitrogens with zero attached hydrogens (tertiary/aromatic N) is 6. The molecule has 1 aromatic heterocycles. The molecule has 2 aliphatic rings. The van der Waals surface area contributed by atoms with Gasteiger partial charge in [0, 0.05) is 55.0 Å². The number of likely N-dealkylation sites (N-methyl/N-ethyl adjacent to an activating group) is 1. The summed E-state index contributed by atoms with van der Waals surface area (Å²) in [7, 11) is 2.17. The van der Waals surface area contributed by atoms with Crippen LogP contribution in [-0.4, -0.2) is 59.8 Å². The van der Waals surface area contributed by atoms with Crippen LogP contribution < -0.4 is 21.0 Å². The molecule has 35 heavy (non-hydrogen) atoms. The van der Waals surface area contributed by atoms with Crippen LogP contribution in [0.25, 0.3) is 0 Å². The summed E-state index contributed by atoms with van der Waals surface area (Å²) in [6.07, 6.45) is 3.59. The monoisotopic (exact) mass is 472 g/mol. The molecule has 9 heteroatoms. The highest BCUT2D eigenvalue weighted by Gasteiger charge is 2.28. The number of aryl methyl sites for hydroxylation is 1. The van der Waals surface area contributed by atoms with E-state index in [4.69, 9.17) is 15.6 Å². The van der Waals surface area contributed by atoms with Crippen molar-refractivity contribution in [3.63, 3.8) is 0 Å². The van der Waals surface area contributed by atoms with Crippen molar-refractivity contribution in [1.29, 1.82) is 0 Å². The van der Waals surface area contributed by atoms with Crippen LogP contribution in [0.1, 0.15) is 11.1 Å². The molecule has 1 fully saturated rings. The van der Waals surface area contributed by atoms with Gasteiger partial charge in [-0.1, -0.05) is 17.3 Å². The van der Waals surface area contributed by atoms with Crippen molar-refractivity contribution < 1.29 is 4.84 Å². The highest BCUT2D eigenvalue weighted by Crippen LogP contribution is 2.35. The first-order chi connectivity index (χ1) is 17.0. The van der Waals surface area contributed by atoms with Gasteiger partial charge in [0.15, 0.2) is 5.82 Å². The number of hydrogen-bond acceptors (Lipinski definition) is 9. The van der Waals surface area contributed by atoms with Gasteiger partial charge in [-0.2, -0.15) is 4.98 Å². The fourth-order valence-electron chi connectivity index (χ4n) is 4.47. The second-order valence-corrected chi connectivity index (χ2v) is 8.96. The summed E-state index contributed by atoms with van der Waals surface area (Å²) >= 11 is 0. The summed E-state index contributed by atoms with van der Waals surface area (Å²) in [5.41, 5.74) is 11.9. The number of nitrogen functional groups attached to an aromatic ring is 1. The third-order valence-corrected chi connectivity index (χ3v) is 6.33. The van der Waals surface area contributed by atoms with Crippen LogP contribution in [0.3, 0.4) is 0 Å². The average Bonchev–Trinajstić information content (AvgIpc) is 2.85. The Bertz CT molecular complexity index is 1210. The quantitative estimate of drug-likeness (QED) is 0.410. The lowest BCUT2D eigenvalue weighted by Gasteiger charge is -2.38. The number of nitrogens with two attached hydrogens (primary N) is 1. The molecular formula is C26H32N8O. The molecule has 2 aliphatic heterocycles. The van der Waals surface area contributed by atoms with Crippen molar-refractivity contribution in [2.24, 2.45) is 0 Å². The molecule has 3 aromatic rings. The number of piperazine rings is 1. The van der Waals surface area contributed by atoms with Crippen LogP contribution in [0.5, 0.6) is 0 Å². The van der Waals surface area contributed by atoms with Gasteiger partial charge < -0.3 is 20.9 Å². The largest absolute Gasteiger partial charge is 0.399 e. The minimum Gasteiger partial charge on any atom is -0.399 e. The molecule has 0 aliphatic carbocycles. The number of anilines is 6. The van der Waals surface area contributed by atoms with Crippen molar-refractivity contribution in [1.82, 2.24) is 20.0 Å². The van der Waals surface area contributed by atoms with E-state index in [2.05, 4.69) is 58.9 Å². The van der Waals surface area contributed by atoms with Gasteiger partial charge >= 0.3 is 0 Å². The lowest BCUT2D eigenvalue weighted by atomic mass is 10.1. The van der Waals surface area contributed by atoms with Crippen molar-refractivity contribution in [3.8, 4) is 0 Å². The van der Waals surface area contributed by atoms with Crippen LogP contribution in [0.2, 0.25) is 0 Å². The summed E-state index contributed by atoms with van der Waals surface area (Å²) < 4.78 is 0. The number of fused-ring (bicyclic) bond motifs is 1. The Kier molecular flexibility index (Phi) is 6.54. The normalized spacial score (nSPS) is 16.7. The topological polar surface area (TPSA) is 86.0 Å². The van der Waals surface area contributed by atoms with Crippen molar-refractivity contribution in [3.05, 3.63) is 72.4 Å². The zero-order valence-corrected chi connectivity index (χ0v) is 20.3.